The first-order chi connectivity index (χ1) is 17.1. The van der Waals surface area contributed by atoms with Crippen LogP contribution in [0.1, 0.15) is 41.6 Å². The highest BCUT2D eigenvalue weighted by molar-refractivity contribution is 7.09. The number of aromatic amines is 2. The van der Waals surface area contributed by atoms with Gasteiger partial charge in [-0.25, -0.2) is 9.97 Å². The number of unbranched alkanes of at least 4 members (excludes halogenated alkanes) is 1. The van der Waals surface area contributed by atoms with Gasteiger partial charge in [0.1, 0.15) is 5.69 Å². The molecule has 0 fully saturated rings. The average Bonchev–Trinajstić information content (AvgIpc) is 3.57. The SMILES string of the molecule is CCCCc1nc(-c2csc(C)n2)[nH]c(=O)c1Cc1ccc(-c2ccccc2-c2nn[nH]n2)cc1. The summed E-state index contributed by atoms with van der Waals surface area (Å²) in [5.74, 6) is 1.10. The maximum atomic E-state index is 13.1. The molecule has 0 amide bonds. The standard InChI is InChI=1S/C26H25N7OS/c1-3-4-9-22-21(26(34)29-25(28-22)23-15-35-16(2)27-23)14-17-10-12-18(13-11-17)19-7-5-6-8-20(19)24-30-32-33-31-24/h5-8,10-13,15H,3-4,9,14H2,1-2H3,(H,28,29,34)(H,30,31,32,33). The van der Waals surface area contributed by atoms with Gasteiger partial charge in [0.2, 0.25) is 5.82 Å². The Morgan fingerprint density at radius 3 is 2.49 bits per heavy atom. The number of nitrogens with zero attached hydrogens (tertiary/aromatic N) is 5. The molecular weight excluding hydrogens is 458 g/mol. The first-order valence-electron chi connectivity index (χ1n) is 11.6. The van der Waals surface area contributed by atoms with Crippen LogP contribution in [0.25, 0.3) is 34.0 Å². The highest BCUT2D eigenvalue weighted by Crippen LogP contribution is 2.30. The van der Waals surface area contributed by atoms with E-state index in [4.69, 9.17) is 4.98 Å². The molecule has 0 saturated heterocycles. The van der Waals surface area contributed by atoms with E-state index in [1.807, 2.05) is 36.6 Å². The molecular formula is C26H25N7OS. The molecule has 2 N–H and O–H groups in total. The summed E-state index contributed by atoms with van der Waals surface area (Å²) < 4.78 is 0. The summed E-state index contributed by atoms with van der Waals surface area (Å²) in [6.07, 6.45) is 3.30. The highest BCUT2D eigenvalue weighted by Gasteiger charge is 2.15. The second-order valence-electron chi connectivity index (χ2n) is 8.35. The summed E-state index contributed by atoms with van der Waals surface area (Å²) in [6, 6.07) is 16.2. The molecule has 176 valence electrons. The van der Waals surface area contributed by atoms with E-state index in [1.165, 1.54) is 0 Å². The smallest absolute Gasteiger partial charge is 0.254 e. The molecule has 0 bridgehead atoms. The Hall–Kier alpha value is -3.98. The molecule has 3 heterocycles. The molecule has 5 aromatic rings. The molecule has 5 rings (SSSR count). The molecule has 8 nitrogen and oxygen atoms in total. The number of H-pyrrole nitrogens is 2. The highest BCUT2D eigenvalue weighted by atomic mass is 32.1. The average molecular weight is 484 g/mol. The molecule has 3 aromatic heterocycles. The Balaban J connectivity index is 1.45. The van der Waals surface area contributed by atoms with Crippen LogP contribution in [-0.2, 0) is 12.8 Å². The van der Waals surface area contributed by atoms with Crippen molar-refractivity contribution in [2.24, 2.45) is 0 Å². The van der Waals surface area contributed by atoms with E-state index in [9.17, 15) is 4.79 Å². The Labute approximate surface area is 206 Å². The van der Waals surface area contributed by atoms with Crippen LogP contribution < -0.4 is 5.56 Å². The van der Waals surface area contributed by atoms with Crippen LogP contribution >= 0.6 is 11.3 Å². The molecule has 9 heteroatoms. The minimum atomic E-state index is -0.0988. The number of nitrogens with one attached hydrogen (secondary N) is 2. The van der Waals surface area contributed by atoms with Crippen molar-refractivity contribution in [1.82, 2.24) is 35.6 Å². The van der Waals surface area contributed by atoms with Gasteiger partial charge < -0.3 is 4.98 Å². The van der Waals surface area contributed by atoms with Crippen molar-refractivity contribution in [3.63, 3.8) is 0 Å². The topological polar surface area (TPSA) is 113 Å². The van der Waals surface area contributed by atoms with Crippen molar-refractivity contribution < 1.29 is 0 Å². The summed E-state index contributed by atoms with van der Waals surface area (Å²) in [4.78, 5) is 25.4. The van der Waals surface area contributed by atoms with Gasteiger partial charge in [-0.1, -0.05) is 61.9 Å². The largest absolute Gasteiger partial charge is 0.305 e. The molecule has 0 aliphatic heterocycles. The Morgan fingerprint density at radius 2 is 1.80 bits per heavy atom. The van der Waals surface area contributed by atoms with E-state index >= 15 is 0 Å². The van der Waals surface area contributed by atoms with E-state index in [0.717, 1.165) is 57.9 Å². The zero-order valence-corrected chi connectivity index (χ0v) is 20.4. The number of benzene rings is 2. The van der Waals surface area contributed by atoms with E-state index in [-0.39, 0.29) is 5.56 Å². The van der Waals surface area contributed by atoms with Crippen LogP contribution in [0.4, 0.5) is 0 Å². The van der Waals surface area contributed by atoms with Crippen molar-refractivity contribution in [2.45, 2.75) is 39.5 Å². The van der Waals surface area contributed by atoms with Crippen molar-refractivity contribution in [3.05, 3.63) is 86.1 Å². The van der Waals surface area contributed by atoms with Gasteiger partial charge in [-0.15, -0.1) is 21.5 Å². The second-order valence-corrected chi connectivity index (χ2v) is 9.41. The normalized spacial score (nSPS) is 11.1. The van der Waals surface area contributed by atoms with Gasteiger partial charge in [0.15, 0.2) is 5.82 Å². The lowest BCUT2D eigenvalue weighted by molar-refractivity contribution is 0.760. The number of hydrogen-bond acceptors (Lipinski definition) is 7. The predicted octanol–water partition coefficient (Wildman–Crippen LogP) is 4.98. The molecule has 0 radical (unpaired) electrons. The van der Waals surface area contributed by atoms with Crippen LogP contribution in [0.3, 0.4) is 0 Å². The number of tetrazole rings is 1. The molecule has 0 spiro atoms. The first-order valence-corrected chi connectivity index (χ1v) is 12.5. The van der Waals surface area contributed by atoms with Crippen LogP contribution in [0.15, 0.2) is 58.7 Å². The third kappa shape index (κ3) is 4.95. The fourth-order valence-electron chi connectivity index (χ4n) is 4.08. The quantitative estimate of drug-likeness (QED) is 0.322. The van der Waals surface area contributed by atoms with Crippen molar-refractivity contribution in [3.8, 4) is 34.0 Å². The lowest BCUT2D eigenvalue weighted by Gasteiger charge is -2.11. The van der Waals surface area contributed by atoms with Gasteiger partial charge in [0.25, 0.3) is 5.56 Å². The van der Waals surface area contributed by atoms with Crippen LogP contribution in [0, 0.1) is 6.92 Å². The molecule has 35 heavy (non-hydrogen) atoms. The first kappa shape index (κ1) is 22.8. The summed E-state index contributed by atoms with van der Waals surface area (Å²) in [5.41, 5.74) is 6.21. The third-order valence-corrected chi connectivity index (χ3v) is 6.66. The minimum absolute atomic E-state index is 0.0988. The van der Waals surface area contributed by atoms with E-state index in [2.05, 4.69) is 61.8 Å². The van der Waals surface area contributed by atoms with Gasteiger partial charge in [-0.2, -0.15) is 5.21 Å². The van der Waals surface area contributed by atoms with Gasteiger partial charge in [-0.05, 0) is 41.7 Å². The zero-order valence-electron chi connectivity index (χ0n) is 19.6. The number of hydrogen-bond donors (Lipinski definition) is 2. The minimum Gasteiger partial charge on any atom is -0.305 e. The van der Waals surface area contributed by atoms with E-state index in [0.29, 0.717) is 23.6 Å². The van der Waals surface area contributed by atoms with Gasteiger partial charge in [0, 0.05) is 22.9 Å². The number of aromatic nitrogens is 7. The van der Waals surface area contributed by atoms with Gasteiger partial charge in [0.05, 0.1) is 10.7 Å². The summed E-state index contributed by atoms with van der Waals surface area (Å²) in [6.45, 7) is 4.09. The maximum absolute atomic E-state index is 13.1. The number of aryl methyl sites for hydroxylation is 2. The molecule has 0 aliphatic carbocycles. The van der Waals surface area contributed by atoms with Crippen LogP contribution in [-0.4, -0.2) is 35.6 Å². The fourth-order valence-corrected chi connectivity index (χ4v) is 4.68. The van der Waals surface area contributed by atoms with Gasteiger partial charge >= 0.3 is 0 Å². The number of thiazole rings is 1. The summed E-state index contributed by atoms with van der Waals surface area (Å²) >= 11 is 1.55. The van der Waals surface area contributed by atoms with Crippen molar-refractivity contribution in [2.75, 3.05) is 0 Å². The third-order valence-electron chi connectivity index (χ3n) is 5.89. The molecule has 0 saturated carbocycles. The van der Waals surface area contributed by atoms with Gasteiger partial charge in [-0.3, -0.25) is 4.79 Å². The lowest BCUT2D eigenvalue weighted by Crippen LogP contribution is -2.19. The molecule has 0 unspecified atom stereocenters. The van der Waals surface area contributed by atoms with Crippen LogP contribution in [0.5, 0.6) is 0 Å². The lowest BCUT2D eigenvalue weighted by atomic mass is 9.96. The number of rotatable bonds is 8. The molecule has 0 atom stereocenters. The van der Waals surface area contributed by atoms with E-state index < -0.39 is 0 Å². The summed E-state index contributed by atoms with van der Waals surface area (Å²) in [5, 5.41) is 17.3. The Morgan fingerprint density at radius 1 is 1.00 bits per heavy atom. The Bertz CT molecular complexity index is 1490. The van der Waals surface area contributed by atoms with Crippen molar-refractivity contribution in [1.29, 1.82) is 0 Å². The fraction of sp³-hybridized carbons (Fsp3) is 0.231. The molecule has 2 aromatic carbocycles. The molecule has 0 aliphatic rings. The monoisotopic (exact) mass is 483 g/mol. The Kier molecular flexibility index (Phi) is 6.58. The van der Waals surface area contributed by atoms with Crippen LogP contribution in [0.2, 0.25) is 0 Å². The zero-order chi connectivity index (χ0) is 24.2. The maximum Gasteiger partial charge on any atom is 0.254 e. The second kappa shape index (κ2) is 10.1. The summed E-state index contributed by atoms with van der Waals surface area (Å²) in [7, 11) is 0. The van der Waals surface area contributed by atoms with E-state index in [1.54, 1.807) is 11.3 Å². The van der Waals surface area contributed by atoms with Crippen molar-refractivity contribution >= 4 is 11.3 Å². The predicted molar refractivity (Wildman–Crippen MR) is 137 cm³/mol.